The Bertz CT molecular complexity index is 1420. The van der Waals surface area contributed by atoms with Gasteiger partial charge in [-0.25, -0.2) is 23.7 Å². The van der Waals surface area contributed by atoms with Crippen molar-refractivity contribution in [3.05, 3.63) is 35.8 Å². The van der Waals surface area contributed by atoms with Crippen molar-refractivity contribution >= 4 is 23.3 Å². The smallest absolute Gasteiger partial charge is 0.418 e. The van der Waals surface area contributed by atoms with Gasteiger partial charge in [0.05, 0.1) is 31.0 Å². The summed E-state index contributed by atoms with van der Waals surface area (Å²) in [5, 5.41) is 6.44. The molecule has 1 aliphatic heterocycles. The highest BCUT2D eigenvalue weighted by atomic mass is 19.4. The highest BCUT2D eigenvalue weighted by Crippen LogP contribution is 2.39. The molecule has 5 rings (SSSR count). The molecule has 1 aliphatic carbocycles. The number of hydrogen-bond acceptors (Lipinski definition) is 8. The summed E-state index contributed by atoms with van der Waals surface area (Å²) in [6.45, 7) is -0.355. The molecule has 2 aliphatic rings. The molecule has 3 N–H and O–H groups in total. The Morgan fingerprint density at radius 2 is 1.88 bits per heavy atom. The van der Waals surface area contributed by atoms with Crippen LogP contribution >= 0.6 is 0 Å². The van der Waals surface area contributed by atoms with Crippen LogP contribution in [-0.4, -0.2) is 75.0 Å². The van der Waals surface area contributed by atoms with Gasteiger partial charge in [0.25, 0.3) is 5.91 Å². The number of aromatic nitrogens is 4. The first-order valence-corrected chi connectivity index (χ1v) is 12.7. The number of nitrogens with one attached hydrogen (secondary N) is 1. The van der Waals surface area contributed by atoms with Gasteiger partial charge in [-0.05, 0) is 37.8 Å². The maximum atomic E-state index is 14.9. The quantitative estimate of drug-likeness (QED) is 0.448. The third kappa shape index (κ3) is 5.31. The topological polar surface area (TPSA) is 137 Å². The van der Waals surface area contributed by atoms with Crippen LogP contribution in [-0.2, 0) is 10.9 Å². The molecule has 2 amide bonds. The second kappa shape index (κ2) is 10.8. The number of alkyl halides is 4. The summed E-state index contributed by atoms with van der Waals surface area (Å²) < 4.78 is 67.7. The molecule has 0 bridgehead atoms. The van der Waals surface area contributed by atoms with Gasteiger partial charge in [-0.15, -0.1) is 0 Å². The number of nitrogen functional groups attached to an aromatic ring is 1. The fourth-order valence-corrected chi connectivity index (χ4v) is 5.10. The summed E-state index contributed by atoms with van der Waals surface area (Å²) in [6, 6.07) is 1.05. The fourth-order valence-electron chi connectivity index (χ4n) is 5.10. The Labute approximate surface area is 225 Å². The van der Waals surface area contributed by atoms with E-state index < -0.39 is 41.5 Å². The number of fused-ring (bicyclic) bond motifs is 1. The van der Waals surface area contributed by atoms with E-state index in [4.69, 9.17) is 15.2 Å². The van der Waals surface area contributed by atoms with E-state index in [0.717, 1.165) is 49.0 Å². The largest absolute Gasteiger partial charge is 0.480 e. The first-order valence-electron chi connectivity index (χ1n) is 12.7. The molecular weight excluding hydrogens is 538 g/mol. The number of carbonyl (C=O) groups is 2. The number of amides is 2. The Balaban J connectivity index is 1.38. The Morgan fingerprint density at radius 3 is 2.58 bits per heavy atom. The molecule has 4 heterocycles. The Kier molecular flexibility index (Phi) is 7.38. The van der Waals surface area contributed by atoms with Gasteiger partial charge >= 0.3 is 12.3 Å². The molecule has 0 unspecified atom stereocenters. The third-order valence-electron chi connectivity index (χ3n) is 7.12. The van der Waals surface area contributed by atoms with Gasteiger partial charge in [0, 0.05) is 18.3 Å². The predicted octanol–water partition coefficient (Wildman–Crippen LogP) is 3.62. The lowest BCUT2D eigenvalue weighted by Gasteiger charge is -2.25. The number of pyridine rings is 1. The molecule has 3 aromatic heterocycles. The van der Waals surface area contributed by atoms with Gasteiger partial charge in [0.2, 0.25) is 5.88 Å². The van der Waals surface area contributed by atoms with E-state index in [1.165, 1.54) is 24.3 Å². The number of ether oxygens (including phenoxy) is 2. The molecule has 1 saturated carbocycles. The molecule has 2 fully saturated rings. The number of anilines is 1. The van der Waals surface area contributed by atoms with Crippen LogP contribution in [0.2, 0.25) is 0 Å². The van der Waals surface area contributed by atoms with E-state index in [1.807, 2.05) is 0 Å². The van der Waals surface area contributed by atoms with Crippen LogP contribution in [0.25, 0.3) is 16.8 Å². The highest BCUT2D eigenvalue weighted by molar-refractivity contribution is 5.98. The van der Waals surface area contributed by atoms with Crippen LogP contribution in [0.1, 0.15) is 48.0 Å². The summed E-state index contributed by atoms with van der Waals surface area (Å²) >= 11 is 0. The van der Waals surface area contributed by atoms with Crippen LogP contribution < -0.4 is 15.8 Å². The molecule has 0 aromatic carbocycles. The van der Waals surface area contributed by atoms with E-state index >= 15 is 0 Å². The molecule has 40 heavy (non-hydrogen) atoms. The average Bonchev–Trinajstić information content (AvgIpc) is 3.51. The first-order chi connectivity index (χ1) is 19.1. The second-order valence-electron chi connectivity index (χ2n) is 9.77. The van der Waals surface area contributed by atoms with Crippen molar-refractivity contribution in [2.75, 3.05) is 25.9 Å². The number of carbonyl (C=O) groups excluding carboxylic acids is 2. The molecule has 3 aromatic rings. The van der Waals surface area contributed by atoms with Crippen molar-refractivity contribution in [2.45, 2.75) is 56.6 Å². The Hall–Kier alpha value is -4.17. The van der Waals surface area contributed by atoms with Gasteiger partial charge in [-0.3, -0.25) is 4.79 Å². The number of methoxy groups -OCH3 is 1. The molecule has 2 atom stereocenters. The van der Waals surface area contributed by atoms with Crippen molar-refractivity contribution in [1.82, 2.24) is 29.8 Å². The van der Waals surface area contributed by atoms with E-state index in [9.17, 15) is 27.2 Å². The van der Waals surface area contributed by atoms with E-state index in [-0.39, 0.29) is 47.7 Å². The molecule has 0 spiro atoms. The van der Waals surface area contributed by atoms with Gasteiger partial charge in [0.15, 0.2) is 5.82 Å². The van der Waals surface area contributed by atoms with Crippen molar-refractivity contribution in [2.24, 2.45) is 0 Å². The summed E-state index contributed by atoms with van der Waals surface area (Å²) in [4.78, 5) is 34.7. The average molecular weight is 566 g/mol. The molecule has 214 valence electrons. The fraction of sp³-hybridized carbons (Fsp3) is 0.480. The minimum absolute atomic E-state index is 0.0542. The molecule has 0 radical (unpaired) electrons. The molecular formula is C25H27F4N7O4. The van der Waals surface area contributed by atoms with Crippen LogP contribution in [0.5, 0.6) is 5.88 Å². The normalized spacial score (nSPS) is 20.1. The van der Waals surface area contributed by atoms with Gasteiger partial charge in [0.1, 0.15) is 29.7 Å². The van der Waals surface area contributed by atoms with Gasteiger partial charge in [-0.1, -0.05) is 6.42 Å². The second-order valence-corrected chi connectivity index (χ2v) is 9.77. The van der Waals surface area contributed by atoms with Gasteiger partial charge < -0.3 is 25.4 Å². The van der Waals surface area contributed by atoms with Crippen LogP contribution in [0, 0.1) is 0 Å². The third-order valence-corrected chi connectivity index (χ3v) is 7.12. The van der Waals surface area contributed by atoms with Crippen molar-refractivity contribution in [1.29, 1.82) is 0 Å². The summed E-state index contributed by atoms with van der Waals surface area (Å²) in [5.41, 5.74) is 4.09. The maximum Gasteiger partial charge on any atom is 0.418 e. The highest BCUT2D eigenvalue weighted by Gasteiger charge is 2.39. The monoisotopic (exact) mass is 565 g/mol. The SMILES string of the molecule is COc1ncc(-c2cc(C(F)(F)F)c3c(N)ncnn23)cc1C(=O)N[C@@H]1CN(C(=O)OC2CCCCC2)C[C@@H]1F. The van der Waals surface area contributed by atoms with Gasteiger partial charge in [-0.2, -0.15) is 18.3 Å². The predicted molar refractivity (Wildman–Crippen MR) is 133 cm³/mol. The van der Waals surface area contributed by atoms with Crippen LogP contribution in [0.15, 0.2) is 24.7 Å². The summed E-state index contributed by atoms with van der Waals surface area (Å²) in [6.07, 6.45) is -0.380. The van der Waals surface area contributed by atoms with Crippen LogP contribution in [0.4, 0.5) is 28.2 Å². The lowest BCUT2D eigenvalue weighted by molar-refractivity contribution is -0.136. The van der Waals surface area contributed by atoms with E-state index in [1.54, 1.807) is 0 Å². The standard InChI is InChI=1S/C25H27F4N7O4/c1-39-23-15(22(37)34-18-11-35(10-17(18)26)24(38)40-14-5-3-2-4-6-14)7-13(9-31-23)19-8-16(25(27,28)29)20-21(30)32-12-33-36(19)20/h7-9,12,14,17-18H,2-6,10-11H2,1H3,(H,34,37)(H2,30,32,33)/t17-,18+/m0/s1. The number of nitrogens with zero attached hydrogens (tertiary/aromatic N) is 5. The number of rotatable bonds is 5. The molecule has 15 heteroatoms. The zero-order chi connectivity index (χ0) is 28.6. The lowest BCUT2D eigenvalue weighted by atomic mass is 9.98. The minimum atomic E-state index is -4.76. The zero-order valence-electron chi connectivity index (χ0n) is 21.4. The summed E-state index contributed by atoms with van der Waals surface area (Å²) in [7, 11) is 1.26. The van der Waals surface area contributed by atoms with E-state index in [0.29, 0.717) is 0 Å². The first kappa shape index (κ1) is 27.4. The number of likely N-dealkylation sites (tertiary alicyclic amines) is 1. The zero-order valence-corrected chi connectivity index (χ0v) is 21.4. The Morgan fingerprint density at radius 1 is 1.12 bits per heavy atom. The molecule has 1 saturated heterocycles. The molecule has 11 nitrogen and oxygen atoms in total. The number of nitrogens with two attached hydrogens (primary N) is 1. The van der Waals surface area contributed by atoms with Crippen molar-refractivity contribution in [3.63, 3.8) is 0 Å². The number of hydrogen-bond donors (Lipinski definition) is 2. The summed E-state index contributed by atoms with van der Waals surface area (Å²) in [5.74, 6) is -1.29. The lowest BCUT2D eigenvalue weighted by Crippen LogP contribution is -2.42. The number of halogens is 4. The van der Waals surface area contributed by atoms with Crippen LogP contribution in [0.3, 0.4) is 0 Å². The minimum Gasteiger partial charge on any atom is -0.480 e. The van der Waals surface area contributed by atoms with Crippen molar-refractivity contribution < 1.29 is 36.6 Å². The maximum absolute atomic E-state index is 14.9. The van der Waals surface area contributed by atoms with Crippen molar-refractivity contribution in [3.8, 4) is 17.1 Å². The van der Waals surface area contributed by atoms with E-state index in [2.05, 4.69) is 20.4 Å².